The first kappa shape index (κ1) is 29.0. The number of para-hydroxylation sites is 1. The number of rotatable bonds is 6. The molecule has 214 valence electrons. The van der Waals surface area contributed by atoms with Gasteiger partial charge in [0.25, 0.3) is 0 Å². The molecule has 3 aliphatic rings. The number of hydrogen-bond acceptors (Lipinski definition) is 6. The molecule has 2 atom stereocenters. The van der Waals surface area contributed by atoms with E-state index in [9.17, 15) is 14.4 Å². The first-order chi connectivity index (χ1) is 19.3. The lowest BCUT2D eigenvalue weighted by atomic mass is 9.85. The largest absolute Gasteiger partial charge is 0.445 e. The Balaban J connectivity index is 1.39. The van der Waals surface area contributed by atoms with Gasteiger partial charge in [0.2, 0.25) is 0 Å². The zero-order chi connectivity index (χ0) is 28.3. The van der Waals surface area contributed by atoms with Crippen molar-refractivity contribution in [3.8, 4) is 0 Å². The normalized spacial score (nSPS) is 24.2. The van der Waals surface area contributed by atoms with E-state index in [1.807, 2.05) is 47.4 Å². The molecule has 2 fully saturated rings. The Morgan fingerprint density at radius 1 is 1.07 bits per heavy atom. The monoisotopic (exact) mass is 675 g/mol. The first-order valence-corrected chi connectivity index (χ1v) is 15.4. The van der Waals surface area contributed by atoms with Gasteiger partial charge in [-0.1, -0.05) is 24.3 Å². The van der Waals surface area contributed by atoms with Crippen molar-refractivity contribution in [3.05, 3.63) is 62.5 Å². The number of ether oxygens (including phenoxy) is 1. The van der Waals surface area contributed by atoms with Crippen LogP contribution in [-0.2, 0) is 22.6 Å². The van der Waals surface area contributed by atoms with E-state index in [4.69, 9.17) is 10.5 Å². The maximum atomic E-state index is 13.7. The van der Waals surface area contributed by atoms with E-state index >= 15 is 0 Å². The van der Waals surface area contributed by atoms with E-state index in [0.717, 1.165) is 51.3 Å². The third-order valence-electron chi connectivity index (χ3n) is 8.44. The number of piperidine rings is 2. The Bertz CT molecular complexity index is 1250. The summed E-state index contributed by atoms with van der Waals surface area (Å²) in [7, 11) is 0. The van der Waals surface area contributed by atoms with Gasteiger partial charge in [-0.05, 0) is 86.9 Å². The second-order valence-corrected chi connectivity index (χ2v) is 12.5. The van der Waals surface area contributed by atoms with Crippen LogP contribution in [0.2, 0.25) is 0 Å². The van der Waals surface area contributed by atoms with E-state index < -0.39 is 11.8 Å². The molecule has 3 heterocycles. The van der Waals surface area contributed by atoms with Crippen LogP contribution in [0.1, 0.15) is 43.2 Å². The Kier molecular flexibility index (Phi) is 9.14. The van der Waals surface area contributed by atoms with Crippen LogP contribution in [0.25, 0.3) is 0 Å². The highest BCUT2D eigenvalue weighted by Gasteiger charge is 2.51. The summed E-state index contributed by atoms with van der Waals surface area (Å²) < 4.78 is 7.62. The second kappa shape index (κ2) is 12.6. The van der Waals surface area contributed by atoms with Gasteiger partial charge in [0.15, 0.2) is 0 Å². The van der Waals surface area contributed by atoms with Crippen LogP contribution in [0.4, 0.5) is 15.3 Å². The maximum absolute atomic E-state index is 13.7. The van der Waals surface area contributed by atoms with Crippen LogP contribution in [0.5, 0.6) is 0 Å². The Hall–Kier alpha value is -2.47. The fraction of sp³-hybridized carbons (Fsp3) is 0.483. The summed E-state index contributed by atoms with van der Waals surface area (Å²) in [6.45, 7) is 2.39. The van der Waals surface area contributed by atoms with Crippen molar-refractivity contribution in [2.24, 2.45) is 5.73 Å². The van der Waals surface area contributed by atoms with Gasteiger partial charge in [-0.15, -0.1) is 0 Å². The average molecular weight is 677 g/mol. The summed E-state index contributed by atoms with van der Waals surface area (Å²) in [5, 5.41) is 3.07. The summed E-state index contributed by atoms with van der Waals surface area (Å²) in [6, 6.07) is 13.4. The number of nitrogens with one attached hydrogen (secondary N) is 1. The predicted octanol–water partition coefficient (Wildman–Crippen LogP) is 5.11. The number of aldehydes is 1. The number of anilines is 1. The fourth-order valence-electron chi connectivity index (χ4n) is 6.27. The highest BCUT2D eigenvalue weighted by atomic mass is 79.9. The van der Waals surface area contributed by atoms with Crippen molar-refractivity contribution >= 4 is 56.0 Å². The number of nitrogens with zero attached hydrogens (tertiary/aromatic N) is 3. The second-order valence-electron chi connectivity index (χ2n) is 10.8. The van der Waals surface area contributed by atoms with Gasteiger partial charge in [-0.2, -0.15) is 0 Å². The average Bonchev–Trinajstić information content (AvgIpc) is 3.12. The molecule has 2 aromatic carbocycles. The third kappa shape index (κ3) is 6.07. The highest BCUT2D eigenvalue weighted by Crippen LogP contribution is 2.39. The molecule has 0 saturated carbocycles. The molecule has 0 bridgehead atoms. The SMILES string of the molecule is NC1CCN([C@]2(CC=O)C[C@H](N3CCc4ccccc4NC3=O)CCN2C(=O)OCc2ccc(Br)c(Br)c2)CC1. The molecule has 0 unspecified atom stereocenters. The molecule has 0 radical (unpaired) electrons. The smallest absolute Gasteiger partial charge is 0.411 e. The fourth-order valence-corrected chi connectivity index (χ4v) is 6.94. The third-order valence-corrected chi connectivity index (χ3v) is 10.3. The van der Waals surface area contributed by atoms with E-state index in [1.165, 1.54) is 0 Å². The molecular formula is C29H35Br2N5O4. The van der Waals surface area contributed by atoms with E-state index in [0.29, 0.717) is 39.0 Å². The molecule has 3 amide bonds. The lowest BCUT2D eigenvalue weighted by Gasteiger charge is -2.56. The molecule has 40 heavy (non-hydrogen) atoms. The molecule has 11 heteroatoms. The minimum absolute atomic E-state index is 0.0926. The van der Waals surface area contributed by atoms with Gasteiger partial charge in [-0.3, -0.25) is 9.80 Å². The van der Waals surface area contributed by atoms with Gasteiger partial charge in [0.05, 0.1) is 0 Å². The topological polar surface area (TPSA) is 108 Å². The first-order valence-electron chi connectivity index (χ1n) is 13.8. The number of benzene rings is 2. The van der Waals surface area contributed by atoms with Crippen molar-refractivity contribution in [3.63, 3.8) is 0 Å². The number of amides is 3. The molecule has 2 saturated heterocycles. The van der Waals surface area contributed by atoms with Gasteiger partial charge in [0, 0.05) is 65.7 Å². The van der Waals surface area contributed by atoms with Crippen molar-refractivity contribution in [1.29, 1.82) is 0 Å². The molecule has 5 rings (SSSR count). The van der Waals surface area contributed by atoms with Crippen LogP contribution in [0.15, 0.2) is 51.4 Å². The molecule has 0 aromatic heterocycles. The highest BCUT2D eigenvalue weighted by molar-refractivity contribution is 9.13. The van der Waals surface area contributed by atoms with Gasteiger partial charge < -0.3 is 25.5 Å². The van der Waals surface area contributed by atoms with Crippen LogP contribution >= 0.6 is 31.9 Å². The van der Waals surface area contributed by atoms with E-state index in [1.54, 1.807) is 4.90 Å². The molecule has 9 nitrogen and oxygen atoms in total. The maximum Gasteiger partial charge on any atom is 0.411 e. The van der Waals surface area contributed by atoms with Crippen LogP contribution < -0.4 is 11.1 Å². The zero-order valence-corrected chi connectivity index (χ0v) is 25.5. The molecular weight excluding hydrogens is 642 g/mol. The number of carbonyl (C=O) groups excluding carboxylic acids is 3. The molecule has 0 aliphatic carbocycles. The number of urea groups is 1. The standard InChI is InChI=1S/C29H35Br2N5O4/c30-24-6-5-20(17-25(24)31)19-40-28(39)36-15-10-23(18-29(36,11-16-37)34-12-8-22(32)9-13-34)35-14-7-21-3-1-2-4-26(21)33-27(35)38/h1-6,16-17,22-23H,7-15,18-19,32H2,(H,33,38)/t23-,29+/m1/s1. The zero-order valence-electron chi connectivity index (χ0n) is 22.4. The predicted molar refractivity (Wildman–Crippen MR) is 160 cm³/mol. The van der Waals surface area contributed by atoms with Crippen LogP contribution in [0.3, 0.4) is 0 Å². The number of nitrogens with two attached hydrogens (primary N) is 1. The summed E-state index contributed by atoms with van der Waals surface area (Å²) in [4.78, 5) is 45.1. The van der Waals surface area contributed by atoms with Crippen molar-refractivity contribution in [1.82, 2.24) is 14.7 Å². The number of hydrogen-bond donors (Lipinski definition) is 2. The van der Waals surface area contributed by atoms with E-state index in [-0.39, 0.29) is 31.1 Å². The Morgan fingerprint density at radius 2 is 1.85 bits per heavy atom. The minimum atomic E-state index is -0.901. The summed E-state index contributed by atoms with van der Waals surface area (Å²) in [5.74, 6) is 0. The molecule has 2 aromatic rings. The Morgan fingerprint density at radius 3 is 2.60 bits per heavy atom. The summed E-state index contributed by atoms with van der Waals surface area (Å²) in [6.07, 6.45) is 3.91. The van der Waals surface area contributed by atoms with Crippen LogP contribution in [-0.4, -0.2) is 77.0 Å². The number of halogens is 2. The van der Waals surface area contributed by atoms with Crippen molar-refractivity contribution in [2.75, 3.05) is 31.5 Å². The van der Waals surface area contributed by atoms with E-state index in [2.05, 4.69) is 42.1 Å². The van der Waals surface area contributed by atoms with Crippen LogP contribution in [0, 0.1) is 0 Å². The molecule has 0 spiro atoms. The van der Waals surface area contributed by atoms with Gasteiger partial charge in [-0.25, -0.2) is 9.59 Å². The minimum Gasteiger partial charge on any atom is -0.445 e. The molecule has 3 N–H and O–H groups in total. The number of likely N-dealkylation sites (tertiary alicyclic amines) is 2. The Labute approximate surface area is 251 Å². The van der Waals surface area contributed by atoms with Crippen molar-refractivity contribution < 1.29 is 19.1 Å². The number of carbonyl (C=O) groups is 3. The summed E-state index contributed by atoms with van der Waals surface area (Å²) >= 11 is 6.96. The van der Waals surface area contributed by atoms with Crippen molar-refractivity contribution in [2.45, 2.75) is 62.9 Å². The lowest BCUT2D eigenvalue weighted by Crippen LogP contribution is -2.69. The summed E-state index contributed by atoms with van der Waals surface area (Å²) in [5.41, 5.74) is 8.11. The van der Waals surface area contributed by atoms with Gasteiger partial charge >= 0.3 is 12.1 Å². The lowest BCUT2D eigenvalue weighted by molar-refractivity contribution is -0.126. The van der Waals surface area contributed by atoms with Gasteiger partial charge in [0.1, 0.15) is 18.6 Å². The molecule has 3 aliphatic heterocycles. The quantitative estimate of drug-likeness (QED) is 0.412. The number of fused-ring (bicyclic) bond motifs is 1.